The van der Waals surface area contributed by atoms with E-state index in [0.29, 0.717) is 12.8 Å². The quantitative estimate of drug-likeness (QED) is 0.865. The van der Waals surface area contributed by atoms with Gasteiger partial charge < -0.3 is 10.4 Å². The Morgan fingerprint density at radius 2 is 1.76 bits per heavy atom. The minimum atomic E-state index is -1.03. The van der Waals surface area contributed by atoms with Gasteiger partial charge in [-0.2, -0.15) is 0 Å². The second-order valence-corrected chi connectivity index (χ2v) is 6.14. The van der Waals surface area contributed by atoms with Crippen LogP contribution in [0.25, 0.3) is 0 Å². The summed E-state index contributed by atoms with van der Waals surface area (Å²) >= 11 is 2.93. The number of aliphatic carboxylic acids is 1. The molecule has 1 amide bonds. The number of carboxylic acid groups (broad SMARTS) is 1. The topological polar surface area (TPSA) is 66.4 Å². The molecule has 0 aromatic heterocycles. The van der Waals surface area contributed by atoms with Crippen molar-refractivity contribution < 1.29 is 23.5 Å². The van der Waals surface area contributed by atoms with E-state index < -0.39 is 34.5 Å². The summed E-state index contributed by atoms with van der Waals surface area (Å²) in [7, 11) is 0. The summed E-state index contributed by atoms with van der Waals surface area (Å²) in [6, 6.07) is 1.97. The number of halogens is 3. The van der Waals surface area contributed by atoms with Gasteiger partial charge in [0.25, 0.3) is 5.91 Å². The Balaban J connectivity index is 2.14. The van der Waals surface area contributed by atoms with E-state index in [1.807, 2.05) is 0 Å². The zero-order chi connectivity index (χ0) is 15.6. The fourth-order valence-corrected chi connectivity index (χ4v) is 3.02. The molecule has 2 N–H and O–H groups in total. The number of carboxylic acids is 1. The lowest BCUT2D eigenvalue weighted by Gasteiger charge is -2.24. The second-order valence-electron chi connectivity index (χ2n) is 5.22. The third-order valence-electron chi connectivity index (χ3n) is 3.84. The average Bonchev–Trinajstić information content (AvgIpc) is 2.85. The average molecular weight is 362 g/mol. The minimum absolute atomic E-state index is 0.129. The number of carbonyl (C=O) groups excluding carboxylic acids is 1. The zero-order valence-corrected chi connectivity index (χ0v) is 12.7. The molecule has 4 nitrogen and oxygen atoms in total. The summed E-state index contributed by atoms with van der Waals surface area (Å²) in [6.45, 7) is -0.129. The van der Waals surface area contributed by atoms with Gasteiger partial charge in [0.05, 0.1) is 5.41 Å². The van der Waals surface area contributed by atoms with Crippen molar-refractivity contribution >= 4 is 27.8 Å². The molecule has 114 valence electrons. The SMILES string of the molecule is O=C(NCC1(C(=O)O)CCCC1)c1c(F)cc(Br)cc1F. The Hall–Kier alpha value is -1.50. The van der Waals surface area contributed by atoms with Crippen molar-refractivity contribution in [3.8, 4) is 0 Å². The molecular formula is C14H14BrF2NO3. The van der Waals surface area contributed by atoms with Gasteiger partial charge >= 0.3 is 5.97 Å². The molecule has 1 aromatic carbocycles. The first-order chi connectivity index (χ1) is 9.85. The third-order valence-corrected chi connectivity index (χ3v) is 4.29. The Morgan fingerprint density at radius 1 is 1.24 bits per heavy atom. The van der Waals surface area contributed by atoms with Crippen molar-refractivity contribution in [2.24, 2.45) is 5.41 Å². The molecule has 0 aliphatic heterocycles. The van der Waals surface area contributed by atoms with Crippen LogP contribution in [0.3, 0.4) is 0 Å². The van der Waals surface area contributed by atoms with Gasteiger partial charge in [0, 0.05) is 11.0 Å². The highest BCUT2D eigenvalue weighted by atomic mass is 79.9. The fraction of sp³-hybridized carbons (Fsp3) is 0.429. The molecule has 7 heteroatoms. The third kappa shape index (κ3) is 3.23. The molecule has 0 saturated heterocycles. The van der Waals surface area contributed by atoms with Gasteiger partial charge in [-0.1, -0.05) is 28.8 Å². The number of nitrogens with one attached hydrogen (secondary N) is 1. The van der Waals surface area contributed by atoms with Crippen LogP contribution in [0.5, 0.6) is 0 Å². The number of hydrogen-bond donors (Lipinski definition) is 2. The summed E-state index contributed by atoms with van der Waals surface area (Å²) in [5.74, 6) is -3.91. The molecule has 1 aliphatic carbocycles. The summed E-state index contributed by atoms with van der Waals surface area (Å²) in [5, 5.41) is 11.6. The highest BCUT2D eigenvalue weighted by Crippen LogP contribution is 2.37. The molecule has 1 saturated carbocycles. The number of benzene rings is 1. The highest BCUT2D eigenvalue weighted by molar-refractivity contribution is 9.10. The lowest BCUT2D eigenvalue weighted by Crippen LogP contribution is -2.41. The molecule has 0 spiro atoms. The molecule has 1 aliphatic rings. The van der Waals surface area contributed by atoms with E-state index in [1.165, 1.54) is 0 Å². The Bertz CT molecular complexity index is 563. The molecule has 0 unspecified atom stereocenters. The Kier molecular flexibility index (Phi) is 4.61. The van der Waals surface area contributed by atoms with Crippen LogP contribution in [0, 0.1) is 17.0 Å². The molecule has 0 heterocycles. The van der Waals surface area contributed by atoms with Crippen LogP contribution >= 0.6 is 15.9 Å². The van der Waals surface area contributed by atoms with Crippen molar-refractivity contribution in [3.05, 3.63) is 33.8 Å². The number of rotatable bonds is 4. The van der Waals surface area contributed by atoms with Gasteiger partial charge in [-0.25, -0.2) is 8.78 Å². The van der Waals surface area contributed by atoms with Crippen LogP contribution in [-0.4, -0.2) is 23.5 Å². The first-order valence-electron chi connectivity index (χ1n) is 6.52. The van der Waals surface area contributed by atoms with Crippen molar-refractivity contribution in [1.82, 2.24) is 5.32 Å². The zero-order valence-electron chi connectivity index (χ0n) is 11.1. The van der Waals surface area contributed by atoms with Crippen LogP contribution in [-0.2, 0) is 4.79 Å². The van der Waals surface area contributed by atoms with Gasteiger partial charge in [0.15, 0.2) is 0 Å². The molecule has 0 bridgehead atoms. The summed E-state index contributed by atoms with van der Waals surface area (Å²) in [4.78, 5) is 23.3. The number of carbonyl (C=O) groups is 2. The van der Waals surface area contributed by atoms with Gasteiger partial charge in [0.2, 0.25) is 0 Å². The second kappa shape index (κ2) is 6.09. The van der Waals surface area contributed by atoms with Crippen molar-refractivity contribution in [2.45, 2.75) is 25.7 Å². The fourth-order valence-electron chi connectivity index (χ4n) is 2.62. The van der Waals surface area contributed by atoms with E-state index in [4.69, 9.17) is 0 Å². The van der Waals surface area contributed by atoms with Crippen molar-refractivity contribution in [2.75, 3.05) is 6.54 Å². The number of amides is 1. The first kappa shape index (κ1) is 15.9. The van der Waals surface area contributed by atoms with E-state index in [-0.39, 0.29) is 11.0 Å². The lowest BCUT2D eigenvalue weighted by atomic mass is 9.86. The maximum absolute atomic E-state index is 13.7. The summed E-state index contributed by atoms with van der Waals surface area (Å²) in [6.07, 6.45) is 2.44. The summed E-state index contributed by atoms with van der Waals surface area (Å²) in [5.41, 5.74) is -1.73. The van der Waals surface area contributed by atoms with E-state index in [9.17, 15) is 23.5 Å². The monoisotopic (exact) mass is 361 g/mol. The van der Waals surface area contributed by atoms with E-state index in [0.717, 1.165) is 25.0 Å². The van der Waals surface area contributed by atoms with Gasteiger partial charge in [-0.05, 0) is 25.0 Å². The molecule has 0 atom stereocenters. The normalized spacial score (nSPS) is 16.7. The molecule has 2 rings (SSSR count). The van der Waals surface area contributed by atoms with Crippen LogP contribution in [0.2, 0.25) is 0 Å². The van der Waals surface area contributed by atoms with Crippen LogP contribution in [0.1, 0.15) is 36.0 Å². The van der Waals surface area contributed by atoms with Crippen molar-refractivity contribution in [1.29, 1.82) is 0 Å². The van der Waals surface area contributed by atoms with Crippen LogP contribution in [0.15, 0.2) is 16.6 Å². The highest BCUT2D eigenvalue weighted by Gasteiger charge is 2.41. The summed E-state index contributed by atoms with van der Waals surface area (Å²) < 4.78 is 27.5. The largest absolute Gasteiger partial charge is 0.481 e. The Morgan fingerprint density at radius 3 is 2.24 bits per heavy atom. The smallest absolute Gasteiger partial charge is 0.311 e. The predicted molar refractivity (Wildman–Crippen MR) is 74.9 cm³/mol. The van der Waals surface area contributed by atoms with Gasteiger partial charge in [-0.3, -0.25) is 9.59 Å². The Labute approximate surface area is 128 Å². The van der Waals surface area contributed by atoms with E-state index >= 15 is 0 Å². The van der Waals surface area contributed by atoms with E-state index in [2.05, 4.69) is 21.2 Å². The van der Waals surface area contributed by atoms with Crippen LogP contribution in [0.4, 0.5) is 8.78 Å². The maximum Gasteiger partial charge on any atom is 0.311 e. The predicted octanol–water partition coefficient (Wildman–Crippen LogP) is 3.10. The lowest BCUT2D eigenvalue weighted by molar-refractivity contribution is -0.148. The van der Waals surface area contributed by atoms with Gasteiger partial charge in [0.1, 0.15) is 17.2 Å². The molecule has 1 fully saturated rings. The molecular weight excluding hydrogens is 348 g/mol. The molecule has 0 radical (unpaired) electrons. The first-order valence-corrected chi connectivity index (χ1v) is 7.31. The van der Waals surface area contributed by atoms with Crippen LogP contribution < -0.4 is 5.32 Å². The molecule has 1 aromatic rings. The molecule has 21 heavy (non-hydrogen) atoms. The van der Waals surface area contributed by atoms with Gasteiger partial charge in [-0.15, -0.1) is 0 Å². The number of hydrogen-bond acceptors (Lipinski definition) is 2. The van der Waals surface area contributed by atoms with Crippen molar-refractivity contribution in [3.63, 3.8) is 0 Å². The standard InChI is InChI=1S/C14H14BrF2NO3/c15-8-5-9(16)11(10(17)6-8)12(19)18-7-14(13(20)21)3-1-2-4-14/h5-6H,1-4,7H2,(H,18,19)(H,20,21). The maximum atomic E-state index is 13.7. The van der Waals surface area contributed by atoms with E-state index in [1.54, 1.807) is 0 Å². The minimum Gasteiger partial charge on any atom is -0.481 e.